The van der Waals surface area contributed by atoms with Gasteiger partial charge >= 0.3 is 0 Å². The Kier molecular flexibility index (Phi) is 6.44. The third kappa shape index (κ3) is 4.94. The zero-order valence-corrected chi connectivity index (χ0v) is 11.5. The molecule has 0 spiro atoms. The van der Waals surface area contributed by atoms with E-state index in [1.807, 2.05) is 6.92 Å². The zero-order valence-electron chi connectivity index (χ0n) is 10.7. The summed E-state index contributed by atoms with van der Waals surface area (Å²) in [6, 6.07) is 0. The van der Waals surface area contributed by atoms with Crippen molar-refractivity contribution in [3.8, 4) is 0 Å². The van der Waals surface area contributed by atoms with E-state index >= 15 is 0 Å². The van der Waals surface area contributed by atoms with Gasteiger partial charge in [-0.25, -0.2) is 13.1 Å². The van der Waals surface area contributed by atoms with E-state index in [9.17, 15) is 8.42 Å². The molecule has 0 amide bonds. The van der Waals surface area contributed by atoms with Gasteiger partial charge in [-0.15, -0.1) is 0 Å². The minimum absolute atomic E-state index is 0.129. The van der Waals surface area contributed by atoms with Gasteiger partial charge in [-0.05, 0) is 25.2 Å². The number of sulfonamides is 1. The molecule has 1 atom stereocenters. The van der Waals surface area contributed by atoms with Gasteiger partial charge in [0.1, 0.15) is 0 Å². The fourth-order valence-corrected chi connectivity index (χ4v) is 4.02. The summed E-state index contributed by atoms with van der Waals surface area (Å²) in [5, 5.41) is 8.68. The van der Waals surface area contributed by atoms with E-state index < -0.39 is 10.0 Å². The van der Waals surface area contributed by atoms with Crippen LogP contribution < -0.4 is 4.72 Å². The Morgan fingerprint density at radius 2 is 1.94 bits per heavy atom. The molecule has 0 aromatic rings. The molecule has 0 heterocycles. The summed E-state index contributed by atoms with van der Waals surface area (Å²) in [6.07, 6.45) is 6.38. The molecule has 5 heteroatoms. The van der Waals surface area contributed by atoms with Gasteiger partial charge in [0.05, 0.1) is 5.25 Å². The summed E-state index contributed by atoms with van der Waals surface area (Å²) < 4.78 is 26.8. The average molecular weight is 263 g/mol. The van der Waals surface area contributed by atoms with Crippen LogP contribution in [0.25, 0.3) is 0 Å². The molecule has 1 aliphatic carbocycles. The SMILES string of the molecule is CCC(CCO)CNS(=O)(=O)C1CCCCC1. The van der Waals surface area contributed by atoms with Gasteiger partial charge in [-0.2, -0.15) is 0 Å². The third-order valence-electron chi connectivity index (χ3n) is 3.68. The van der Waals surface area contributed by atoms with E-state index in [0.717, 1.165) is 38.5 Å². The molecule has 2 N–H and O–H groups in total. The monoisotopic (exact) mass is 263 g/mol. The number of hydrogen-bond acceptors (Lipinski definition) is 3. The third-order valence-corrected chi connectivity index (χ3v) is 5.60. The Labute approximate surface area is 105 Å². The van der Waals surface area contributed by atoms with E-state index in [1.165, 1.54) is 0 Å². The molecule has 0 radical (unpaired) electrons. The van der Waals surface area contributed by atoms with E-state index in [4.69, 9.17) is 5.11 Å². The van der Waals surface area contributed by atoms with Gasteiger partial charge in [0.15, 0.2) is 0 Å². The molecule has 1 saturated carbocycles. The van der Waals surface area contributed by atoms with Crippen LogP contribution in [0.5, 0.6) is 0 Å². The number of rotatable bonds is 7. The highest BCUT2D eigenvalue weighted by atomic mass is 32.2. The molecule has 1 unspecified atom stereocenters. The minimum atomic E-state index is -3.14. The van der Waals surface area contributed by atoms with Crippen LogP contribution in [0.2, 0.25) is 0 Å². The molecule has 0 aromatic carbocycles. The summed E-state index contributed by atoms with van der Waals surface area (Å²) in [6.45, 7) is 2.62. The molecule has 102 valence electrons. The largest absolute Gasteiger partial charge is 0.396 e. The predicted octanol–water partition coefficient (Wildman–Crippen LogP) is 1.65. The maximum atomic E-state index is 12.0. The first kappa shape index (κ1) is 14.9. The van der Waals surface area contributed by atoms with Gasteiger partial charge in [-0.1, -0.05) is 32.6 Å². The van der Waals surface area contributed by atoms with Crippen LogP contribution >= 0.6 is 0 Å². The number of nitrogens with one attached hydrogen (secondary N) is 1. The van der Waals surface area contributed by atoms with E-state index in [-0.39, 0.29) is 17.8 Å². The van der Waals surface area contributed by atoms with Crippen LogP contribution in [0, 0.1) is 5.92 Å². The molecule has 1 fully saturated rings. The highest BCUT2D eigenvalue weighted by Crippen LogP contribution is 2.23. The van der Waals surface area contributed by atoms with Crippen molar-refractivity contribution < 1.29 is 13.5 Å². The topological polar surface area (TPSA) is 66.4 Å². The van der Waals surface area contributed by atoms with Crippen molar-refractivity contribution in [3.63, 3.8) is 0 Å². The average Bonchev–Trinajstić information content (AvgIpc) is 2.35. The molecule has 4 nitrogen and oxygen atoms in total. The lowest BCUT2D eigenvalue weighted by molar-refractivity contribution is 0.254. The van der Waals surface area contributed by atoms with Crippen molar-refractivity contribution in [2.75, 3.05) is 13.2 Å². The van der Waals surface area contributed by atoms with Crippen molar-refractivity contribution in [2.24, 2.45) is 5.92 Å². The van der Waals surface area contributed by atoms with Crippen molar-refractivity contribution in [3.05, 3.63) is 0 Å². The van der Waals surface area contributed by atoms with Gasteiger partial charge in [0.2, 0.25) is 10.0 Å². The smallest absolute Gasteiger partial charge is 0.214 e. The fraction of sp³-hybridized carbons (Fsp3) is 1.00. The molecule has 0 aliphatic heterocycles. The Hall–Kier alpha value is -0.130. The molecular weight excluding hydrogens is 238 g/mol. The normalized spacial score (nSPS) is 20.4. The maximum Gasteiger partial charge on any atom is 0.214 e. The molecule has 0 saturated heterocycles. The second-order valence-corrected chi connectivity index (χ2v) is 6.99. The molecule has 0 aromatic heterocycles. The van der Waals surface area contributed by atoms with E-state index in [2.05, 4.69) is 4.72 Å². The number of aliphatic hydroxyl groups excluding tert-OH is 1. The second kappa shape index (κ2) is 7.34. The van der Waals surface area contributed by atoms with Crippen molar-refractivity contribution in [1.29, 1.82) is 0 Å². The highest BCUT2D eigenvalue weighted by molar-refractivity contribution is 7.90. The van der Waals surface area contributed by atoms with Crippen LogP contribution in [0.1, 0.15) is 51.9 Å². The van der Waals surface area contributed by atoms with Crippen LogP contribution in [0.3, 0.4) is 0 Å². The summed E-state index contributed by atoms with van der Waals surface area (Å²) in [5.41, 5.74) is 0. The summed E-state index contributed by atoms with van der Waals surface area (Å²) in [7, 11) is -3.14. The van der Waals surface area contributed by atoms with Crippen LogP contribution in [-0.4, -0.2) is 31.9 Å². The first-order valence-corrected chi connectivity index (χ1v) is 8.24. The van der Waals surface area contributed by atoms with Crippen molar-refractivity contribution in [1.82, 2.24) is 4.72 Å². The lowest BCUT2D eigenvalue weighted by Crippen LogP contribution is -2.38. The Morgan fingerprint density at radius 1 is 1.29 bits per heavy atom. The van der Waals surface area contributed by atoms with Gasteiger partial charge in [-0.3, -0.25) is 0 Å². The first-order chi connectivity index (χ1) is 8.10. The quantitative estimate of drug-likeness (QED) is 0.734. The standard InChI is InChI=1S/C12H25NO3S/c1-2-11(8-9-14)10-13-17(15,16)12-6-4-3-5-7-12/h11-14H,2-10H2,1H3. The van der Waals surface area contributed by atoms with Crippen molar-refractivity contribution >= 4 is 10.0 Å². The lowest BCUT2D eigenvalue weighted by atomic mass is 10.0. The molecule has 17 heavy (non-hydrogen) atoms. The summed E-state index contributed by atoms with van der Waals surface area (Å²) >= 11 is 0. The van der Waals surface area contributed by atoms with Gasteiger partial charge in [0, 0.05) is 13.2 Å². The minimum Gasteiger partial charge on any atom is -0.396 e. The highest BCUT2D eigenvalue weighted by Gasteiger charge is 2.27. The molecule has 1 aliphatic rings. The molecule has 1 rings (SSSR count). The van der Waals surface area contributed by atoms with Crippen LogP contribution in [0.4, 0.5) is 0 Å². The van der Waals surface area contributed by atoms with Crippen LogP contribution in [-0.2, 0) is 10.0 Å². The molecular formula is C12H25NO3S. The zero-order chi connectivity index (χ0) is 12.7. The predicted molar refractivity (Wildman–Crippen MR) is 69.3 cm³/mol. The number of aliphatic hydroxyl groups is 1. The van der Waals surface area contributed by atoms with E-state index in [0.29, 0.717) is 13.0 Å². The van der Waals surface area contributed by atoms with E-state index in [1.54, 1.807) is 0 Å². The molecule has 0 bridgehead atoms. The summed E-state index contributed by atoms with van der Waals surface area (Å²) in [5.74, 6) is 0.248. The second-order valence-electron chi connectivity index (χ2n) is 4.94. The van der Waals surface area contributed by atoms with Gasteiger partial charge < -0.3 is 5.11 Å². The van der Waals surface area contributed by atoms with Crippen molar-refractivity contribution in [2.45, 2.75) is 57.1 Å². The van der Waals surface area contributed by atoms with Gasteiger partial charge in [0.25, 0.3) is 0 Å². The Bertz CT molecular complexity index is 297. The Balaban J connectivity index is 2.42. The lowest BCUT2D eigenvalue weighted by Gasteiger charge is -2.23. The number of hydrogen-bond donors (Lipinski definition) is 2. The first-order valence-electron chi connectivity index (χ1n) is 6.69. The summed E-state index contributed by atoms with van der Waals surface area (Å²) in [4.78, 5) is 0. The maximum absolute atomic E-state index is 12.0. The fourth-order valence-electron chi connectivity index (χ4n) is 2.36. The Morgan fingerprint density at radius 3 is 2.47 bits per heavy atom. The van der Waals surface area contributed by atoms with Crippen LogP contribution in [0.15, 0.2) is 0 Å².